The highest BCUT2D eigenvalue weighted by molar-refractivity contribution is 6.23. The summed E-state index contributed by atoms with van der Waals surface area (Å²) in [5, 5.41) is 13.6. The number of hydrogen-bond acceptors (Lipinski definition) is 9. The molecule has 0 aromatic rings. The zero-order valence-electron chi connectivity index (χ0n) is 23.2. The molecule has 0 aromatic carbocycles. The smallest absolute Gasteiger partial charge is 0.405 e. The van der Waals surface area contributed by atoms with Gasteiger partial charge in [0.2, 0.25) is 11.6 Å². The van der Waals surface area contributed by atoms with Gasteiger partial charge in [0.15, 0.2) is 6.10 Å². The first kappa shape index (κ1) is 31.7. The minimum absolute atomic E-state index is 0.104. The number of ketones is 2. The average molecular weight is 546 g/mol. The lowest BCUT2D eigenvalue weighted by Gasteiger charge is -2.29. The first-order chi connectivity index (χ1) is 18.3. The molecule has 2 bridgehead atoms. The molecule has 0 radical (unpaired) electrons. The molecule has 39 heavy (non-hydrogen) atoms. The number of carbonyl (C=O) groups excluding carboxylic acids is 4. The molecule has 214 valence electrons. The zero-order chi connectivity index (χ0) is 29.4. The molecule has 1 heterocycles. The Bertz CT molecular complexity index is 1130. The summed E-state index contributed by atoms with van der Waals surface area (Å²) in [6.07, 6.45) is 3.55. The van der Waals surface area contributed by atoms with Crippen LogP contribution in [0.3, 0.4) is 0 Å². The number of aliphatic hydroxyl groups excluding tert-OH is 1. The van der Waals surface area contributed by atoms with E-state index in [0.29, 0.717) is 12.0 Å². The molecule has 0 aromatic heterocycles. The van der Waals surface area contributed by atoms with E-state index in [1.807, 2.05) is 6.92 Å². The second kappa shape index (κ2) is 14.0. The Kier molecular flexibility index (Phi) is 11.4. The van der Waals surface area contributed by atoms with Crippen LogP contribution in [0.25, 0.3) is 0 Å². The van der Waals surface area contributed by atoms with E-state index in [1.165, 1.54) is 33.3 Å². The van der Waals surface area contributed by atoms with Gasteiger partial charge in [0.05, 0.1) is 23.6 Å². The van der Waals surface area contributed by atoms with Gasteiger partial charge in [-0.1, -0.05) is 38.2 Å². The number of nitrogens with two attached hydrogens (primary N) is 2. The molecule has 2 rings (SSSR count). The first-order valence-electron chi connectivity index (χ1n) is 12.6. The second-order valence-corrected chi connectivity index (χ2v) is 9.97. The van der Waals surface area contributed by atoms with Crippen molar-refractivity contribution in [1.29, 1.82) is 0 Å². The van der Waals surface area contributed by atoms with Crippen molar-refractivity contribution in [3.8, 4) is 0 Å². The van der Waals surface area contributed by atoms with Gasteiger partial charge in [-0.15, -0.1) is 0 Å². The number of rotatable bonds is 3. The molecule has 0 spiro atoms. The number of carbonyl (C=O) groups is 4. The molecular weight excluding hydrogens is 506 g/mol. The van der Waals surface area contributed by atoms with Gasteiger partial charge in [-0.05, 0) is 38.2 Å². The monoisotopic (exact) mass is 545 g/mol. The van der Waals surface area contributed by atoms with Crippen molar-refractivity contribution in [3.05, 3.63) is 58.5 Å². The summed E-state index contributed by atoms with van der Waals surface area (Å²) in [7, 11) is 2.90. The van der Waals surface area contributed by atoms with E-state index in [4.69, 9.17) is 25.7 Å². The largest absolute Gasteiger partial charge is 0.439 e. The van der Waals surface area contributed by atoms with Gasteiger partial charge < -0.3 is 36.1 Å². The Hall–Kier alpha value is -3.54. The summed E-state index contributed by atoms with van der Waals surface area (Å²) < 4.78 is 16.4. The lowest BCUT2D eigenvalue weighted by Crippen LogP contribution is -2.37. The van der Waals surface area contributed by atoms with Crippen molar-refractivity contribution in [2.75, 3.05) is 14.2 Å². The second-order valence-electron chi connectivity index (χ2n) is 9.97. The third kappa shape index (κ3) is 8.22. The number of nitrogens with one attached hydrogen (secondary N) is 1. The molecule has 0 saturated carbocycles. The summed E-state index contributed by atoms with van der Waals surface area (Å²) in [6.45, 7) is 6.89. The molecule has 6 N–H and O–H groups in total. The summed E-state index contributed by atoms with van der Waals surface area (Å²) in [5.41, 5.74) is 11.9. The Labute approximate surface area is 228 Å². The van der Waals surface area contributed by atoms with Crippen molar-refractivity contribution in [2.24, 2.45) is 23.3 Å². The fourth-order valence-electron chi connectivity index (χ4n) is 4.61. The van der Waals surface area contributed by atoms with Crippen LogP contribution >= 0.6 is 0 Å². The molecule has 0 unspecified atom stereocenters. The Balaban J connectivity index is 2.58. The topological polar surface area (TPSA) is 180 Å². The molecular formula is C28H39N3O8. The number of hydrogen-bond donors (Lipinski definition) is 4. The maximum absolute atomic E-state index is 13.2. The van der Waals surface area contributed by atoms with Crippen molar-refractivity contribution in [2.45, 2.75) is 65.0 Å². The van der Waals surface area contributed by atoms with E-state index in [9.17, 15) is 24.3 Å². The summed E-state index contributed by atoms with van der Waals surface area (Å²) in [6, 6.07) is 0. The van der Waals surface area contributed by atoms with Crippen LogP contribution in [-0.2, 0) is 28.6 Å². The summed E-state index contributed by atoms with van der Waals surface area (Å²) >= 11 is 0. The number of allylic oxidation sites excluding steroid dienone is 4. The van der Waals surface area contributed by atoms with Gasteiger partial charge in [0, 0.05) is 37.4 Å². The van der Waals surface area contributed by atoms with Crippen LogP contribution in [-0.4, -0.2) is 67.3 Å². The highest BCUT2D eigenvalue weighted by atomic mass is 16.6. The number of amides is 2. The number of fused-ring (bicyclic) bond motifs is 2. The van der Waals surface area contributed by atoms with Gasteiger partial charge in [0.1, 0.15) is 6.10 Å². The molecule has 0 fully saturated rings. The van der Waals surface area contributed by atoms with Crippen LogP contribution in [0.1, 0.15) is 40.5 Å². The predicted molar refractivity (Wildman–Crippen MR) is 144 cm³/mol. The van der Waals surface area contributed by atoms with Crippen molar-refractivity contribution in [3.63, 3.8) is 0 Å². The van der Waals surface area contributed by atoms with Crippen molar-refractivity contribution >= 4 is 23.6 Å². The summed E-state index contributed by atoms with van der Waals surface area (Å²) in [4.78, 5) is 50.1. The minimum atomic E-state index is -1.00. The SMILES string of the molecule is CO[C@@H]1/C=C\C=C(/C)C(=O)NC2=CC(=O)C(N)=C(C[C@@H](C)C[C@@H](OC)[C@@H](O)[C@H](C)/C=C(\C)[C@H]1OC(N)=O)C2=O. The number of ether oxygens (including phenoxy) is 3. The maximum atomic E-state index is 13.2. The van der Waals surface area contributed by atoms with Gasteiger partial charge in [-0.3, -0.25) is 14.4 Å². The fraction of sp³-hybridized carbons (Fsp3) is 0.500. The van der Waals surface area contributed by atoms with Crippen LogP contribution in [0, 0.1) is 11.8 Å². The average Bonchev–Trinajstić information content (AvgIpc) is 2.88. The molecule has 1 aliphatic carbocycles. The minimum Gasteiger partial charge on any atom is -0.439 e. The van der Waals surface area contributed by atoms with Gasteiger partial charge in [-0.25, -0.2) is 4.79 Å². The number of primary amides is 1. The standard InChI is InChI=1S/C28H39N3O8/c1-14-10-18-23(29)20(32)13-19(25(18)34)31-27(35)15(2)8-7-9-21(37-5)26(39-28(30)36)17(4)12-16(3)24(33)22(11-14)38-6/h7-9,12-14,16,21-22,24,26,33H,10-11,29H2,1-6H3,(H2,30,36)(H,31,35)/b9-7-,15-8+,17-12+/t14-,16-,21-,22-,24+,26-/m1/s1. The highest BCUT2D eigenvalue weighted by Crippen LogP contribution is 2.28. The number of aliphatic hydroxyl groups is 1. The third-order valence-electron chi connectivity index (χ3n) is 6.84. The van der Waals surface area contributed by atoms with Crippen LogP contribution < -0.4 is 16.8 Å². The van der Waals surface area contributed by atoms with Crippen molar-refractivity contribution < 1.29 is 38.5 Å². The molecule has 11 heteroatoms. The zero-order valence-corrected chi connectivity index (χ0v) is 23.2. The first-order valence-corrected chi connectivity index (χ1v) is 12.6. The predicted octanol–water partition coefficient (Wildman–Crippen LogP) is 1.72. The molecule has 2 amide bonds. The van der Waals surface area contributed by atoms with E-state index >= 15 is 0 Å². The van der Waals surface area contributed by atoms with Gasteiger partial charge in [-0.2, -0.15) is 0 Å². The Morgan fingerprint density at radius 2 is 1.79 bits per heavy atom. The summed E-state index contributed by atoms with van der Waals surface area (Å²) in [5.74, 6) is -2.37. The maximum Gasteiger partial charge on any atom is 0.405 e. The fourth-order valence-corrected chi connectivity index (χ4v) is 4.61. The van der Waals surface area contributed by atoms with E-state index in [0.717, 1.165) is 6.08 Å². The van der Waals surface area contributed by atoms with Crippen LogP contribution in [0.2, 0.25) is 0 Å². The number of methoxy groups -OCH3 is 2. The van der Waals surface area contributed by atoms with Gasteiger partial charge >= 0.3 is 6.09 Å². The van der Waals surface area contributed by atoms with Crippen LogP contribution in [0.15, 0.2) is 58.5 Å². The molecule has 6 atom stereocenters. The van der Waals surface area contributed by atoms with E-state index in [-0.39, 0.29) is 34.9 Å². The van der Waals surface area contributed by atoms with Crippen LogP contribution in [0.4, 0.5) is 4.79 Å². The van der Waals surface area contributed by atoms with Crippen LogP contribution in [0.5, 0.6) is 0 Å². The van der Waals surface area contributed by atoms with Crippen molar-refractivity contribution in [1.82, 2.24) is 5.32 Å². The normalized spacial score (nSPS) is 33.3. The van der Waals surface area contributed by atoms with E-state index in [2.05, 4.69) is 5.32 Å². The quantitative estimate of drug-likeness (QED) is 0.303. The molecule has 0 saturated heterocycles. The third-order valence-corrected chi connectivity index (χ3v) is 6.84. The van der Waals surface area contributed by atoms with E-state index < -0.39 is 53.9 Å². The highest BCUT2D eigenvalue weighted by Gasteiger charge is 2.32. The van der Waals surface area contributed by atoms with Gasteiger partial charge in [0.25, 0.3) is 5.91 Å². The lowest BCUT2D eigenvalue weighted by molar-refractivity contribution is -0.120. The Morgan fingerprint density at radius 1 is 1.13 bits per heavy atom. The molecule has 2 aliphatic rings. The molecule has 1 aliphatic heterocycles. The Morgan fingerprint density at radius 3 is 2.38 bits per heavy atom. The lowest BCUT2D eigenvalue weighted by atomic mass is 9.85. The number of Topliss-reactive ketones (excluding diaryl/α,β-unsaturated/α-hetero) is 1. The van der Waals surface area contributed by atoms with E-state index in [1.54, 1.807) is 26.0 Å². The molecule has 11 nitrogen and oxygen atoms in total.